The molecule has 1 aromatic heterocycles. The van der Waals surface area contributed by atoms with Crippen molar-refractivity contribution in [2.45, 2.75) is 24.9 Å². The maximum absolute atomic E-state index is 13.7. The number of carbonyl (C=O) groups excluding carboxylic acids is 1. The lowest BCUT2D eigenvalue weighted by atomic mass is 9.72. The van der Waals surface area contributed by atoms with E-state index in [-0.39, 0.29) is 29.7 Å². The van der Waals surface area contributed by atoms with Crippen LogP contribution in [0.1, 0.15) is 35.1 Å². The fraction of sp³-hybridized carbons (Fsp3) is 0.240. The molecule has 0 radical (unpaired) electrons. The van der Waals surface area contributed by atoms with Crippen LogP contribution < -0.4 is 0 Å². The molecule has 1 fully saturated rings. The summed E-state index contributed by atoms with van der Waals surface area (Å²) in [4.78, 5) is 15.8. The molecule has 0 saturated carbocycles. The molecule has 1 amide bonds. The van der Waals surface area contributed by atoms with Crippen LogP contribution >= 0.6 is 0 Å². The fourth-order valence-corrected chi connectivity index (χ4v) is 4.94. The molecular formula is C25H23NO2. The minimum absolute atomic E-state index is 0.0132. The minimum atomic E-state index is -0.0315. The van der Waals surface area contributed by atoms with Crippen LogP contribution in [0.15, 0.2) is 95.8 Å². The quantitative estimate of drug-likeness (QED) is 0.582. The van der Waals surface area contributed by atoms with E-state index in [2.05, 4.69) is 53.5 Å². The van der Waals surface area contributed by atoms with Gasteiger partial charge in [-0.25, -0.2) is 0 Å². The highest BCUT2D eigenvalue weighted by molar-refractivity contribution is 5.84. The summed E-state index contributed by atoms with van der Waals surface area (Å²) in [7, 11) is 0. The Kier molecular flexibility index (Phi) is 4.36. The van der Waals surface area contributed by atoms with Crippen molar-refractivity contribution in [2.75, 3.05) is 0 Å². The average Bonchev–Trinajstić information content (AvgIpc) is 3.37. The van der Waals surface area contributed by atoms with Crippen LogP contribution in [0.2, 0.25) is 0 Å². The second kappa shape index (κ2) is 7.16. The number of carbonyl (C=O) groups is 1. The second-order valence-electron chi connectivity index (χ2n) is 7.74. The first-order chi connectivity index (χ1) is 13.8. The van der Waals surface area contributed by atoms with Gasteiger partial charge in [-0.2, -0.15) is 0 Å². The second-order valence-corrected chi connectivity index (χ2v) is 7.74. The van der Waals surface area contributed by atoms with Crippen LogP contribution in [0.3, 0.4) is 0 Å². The summed E-state index contributed by atoms with van der Waals surface area (Å²) in [5.74, 6) is 0.598. The Hall–Kier alpha value is -3.07. The van der Waals surface area contributed by atoms with E-state index in [9.17, 15) is 4.79 Å². The van der Waals surface area contributed by atoms with Crippen LogP contribution in [0.4, 0.5) is 0 Å². The first-order valence-electron chi connectivity index (χ1n) is 9.91. The number of amides is 1. The van der Waals surface area contributed by atoms with Crippen LogP contribution in [0.5, 0.6) is 0 Å². The molecule has 3 aromatic rings. The Morgan fingerprint density at radius 2 is 1.68 bits per heavy atom. The summed E-state index contributed by atoms with van der Waals surface area (Å²) in [6, 6.07) is 22.7. The lowest BCUT2D eigenvalue weighted by molar-refractivity contribution is -0.133. The number of furan rings is 1. The molecule has 140 valence electrons. The van der Waals surface area contributed by atoms with Gasteiger partial charge in [-0.1, -0.05) is 72.8 Å². The summed E-state index contributed by atoms with van der Waals surface area (Å²) in [5.41, 5.74) is 3.49. The Labute approximate surface area is 165 Å². The number of hydrogen-bond acceptors (Lipinski definition) is 2. The molecule has 1 saturated heterocycles. The summed E-state index contributed by atoms with van der Waals surface area (Å²) in [6.07, 6.45) is 8.91. The predicted molar refractivity (Wildman–Crippen MR) is 108 cm³/mol. The fourth-order valence-electron chi connectivity index (χ4n) is 4.94. The van der Waals surface area contributed by atoms with E-state index in [4.69, 9.17) is 4.42 Å². The third-order valence-electron chi connectivity index (χ3n) is 6.17. The third-order valence-corrected chi connectivity index (χ3v) is 6.17. The molecule has 3 nitrogen and oxygen atoms in total. The molecule has 4 atom stereocenters. The lowest BCUT2D eigenvalue weighted by Crippen LogP contribution is -2.30. The van der Waals surface area contributed by atoms with Gasteiger partial charge in [0, 0.05) is 18.0 Å². The number of nitrogens with zero attached hydrogens (tertiary/aromatic N) is 1. The van der Waals surface area contributed by atoms with Crippen LogP contribution in [-0.4, -0.2) is 10.8 Å². The van der Waals surface area contributed by atoms with E-state index in [1.165, 1.54) is 5.56 Å². The molecule has 1 aliphatic heterocycles. The number of likely N-dealkylation sites (tertiary alicyclic amines) is 1. The number of rotatable bonds is 4. The standard InChI is InChI=1S/C25H23NO2/c27-25-23-21(19-10-5-2-6-11-19)12-7-13-22(23)24(20-14-15-28-17-20)26(25)16-18-8-3-1-4-9-18/h1-11,13-15,17,21-24H,12,16H2/t21?,22?,23?,24-/m0/s1. The van der Waals surface area contributed by atoms with Crippen molar-refractivity contribution in [1.82, 2.24) is 4.90 Å². The van der Waals surface area contributed by atoms with Crippen molar-refractivity contribution >= 4 is 5.91 Å². The maximum Gasteiger partial charge on any atom is 0.227 e. The number of hydrogen-bond donors (Lipinski definition) is 0. The molecule has 2 heterocycles. The van der Waals surface area contributed by atoms with Crippen molar-refractivity contribution in [2.24, 2.45) is 11.8 Å². The lowest BCUT2D eigenvalue weighted by Gasteiger charge is -2.30. The largest absolute Gasteiger partial charge is 0.472 e. The molecule has 3 unspecified atom stereocenters. The highest BCUT2D eigenvalue weighted by Crippen LogP contribution is 2.51. The van der Waals surface area contributed by atoms with Crippen LogP contribution in [0.25, 0.3) is 0 Å². The van der Waals surface area contributed by atoms with Gasteiger partial charge < -0.3 is 9.32 Å². The Balaban J connectivity index is 1.55. The zero-order chi connectivity index (χ0) is 18.9. The monoisotopic (exact) mass is 369 g/mol. The van der Waals surface area contributed by atoms with E-state index in [1.54, 1.807) is 12.5 Å². The third kappa shape index (κ3) is 2.88. The topological polar surface area (TPSA) is 33.5 Å². The van der Waals surface area contributed by atoms with E-state index < -0.39 is 0 Å². The SMILES string of the molecule is O=C1C2C(c3ccccc3)CC=CC2[C@H](c2ccoc2)N1Cc1ccccc1. The van der Waals surface area contributed by atoms with Gasteiger partial charge in [-0.15, -0.1) is 0 Å². The minimum Gasteiger partial charge on any atom is -0.472 e. The molecule has 2 aliphatic rings. The predicted octanol–water partition coefficient (Wildman–Crippen LogP) is 5.34. The van der Waals surface area contributed by atoms with Crippen molar-refractivity contribution in [3.8, 4) is 0 Å². The van der Waals surface area contributed by atoms with Crippen LogP contribution in [0, 0.1) is 11.8 Å². The number of allylic oxidation sites excluding steroid dienone is 1. The highest BCUT2D eigenvalue weighted by Gasteiger charge is 2.51. The summed E-state index contributed by atoms with van der Waals surface area (Å²) in [5, 5.41) is 0. The molecule has 5 rings (SSSR count). The van der Waals surface area contributed by atoms with E-state index in [0.29, 0.717) is 6.54 Å². The first kappa shape index (κ1) is 17.1. The zero-order valence-electron chi connectivity index (χ0n) is 15.6. The van der Waals surface area contributed by atoms with Gasteiger partial charge in [0.25, 0.3) is 0 Å². The first-order valence-corrected chi connectivity index (χ1v) is 9.91. The Morgan fingerprint density at radius 3 is 2.39 bits per heavy atom. The zero-order valence-corrected chi connectivity index (χ0v) is 15.6. The van der Waals surface area contributed by atoms with Gasteiger partial charge in [0.15, 0.2) is 0 Å². The summed E-state index contributed by atoms with van der Waals surface area (Å²) in [6.45, 7) is 0.623. The van der Waals surface area contributed by atoms with Crippen molar-refractivity contribution < 1.29 is 9.21 Å². The Morgan fingerprint density at radius 1 is 0.929 bits per heavy atom. The van der Waals surface area contributed by atoms with Gasteiger partial charge in [-0.3, -0.25) is 4.79 Å². The molecule has 3 heteroatoms. The highest BCUT2D eigenvalue weighted by atomic mass is 16.3. The maximum atomic E-state index is 13.7. The van der Waals surface area contributed by atoms with Gasteiger partial charge in [0.05, 0.1) is 24.5 Å². The van der Waals surface area contributed by atoms with Crippen molar-refractivity contribution in [3.05, 3.63) is 108 Å². The number of benzene rings is 2. The average molecular weight is 369 g/mol. The summed E-state index contributed by atoms with van der Waals surface area (Å²) >= 11 is 0. The van der Waals surface area contributed by atoms with Crippen molar-refractivity contribution in [1.29, 1.82) is 0 Å². The smallest absolute Gasteiger partial charge is 0.227 e. The van der Waals surface area contributed by atoms with E-state index >= 15 is 0 Å². The van der Waals surface area contributed by atoms with Gasteiger partial charge in [-0.05, 0) is 29.5 Å². The van der Waals surface area contributed by atoms with E-state index in [1.807, 2.05) is 30.3 Å². The van der Waals surface area contributed by atoms with Crippen LogP contribution in [-0.2, 0) is 11.3 Å². The number of fused-ring (bicyclic) bond motifs is 1. The van der Waals surface area contributed by atoms with Crippen molar-refractivity contribution in [3.63, 3.8) is 0 Å². The molecular weight excluding hydrogens is 346 g/mol. The van der Waals surface area contributed by atoms with Gasteiger partial charge in [0.1, 0.15) is 0 Å². The molecule has 1 aliphatic carbocycles. The molecule has 0 bridgehead atoms. The van der Waals surface area contributed by atoms with Gasteiger partial charge in [0.2, 0.25) is 5.91 Å². The van der Waals surface area contributed by atoms with Gasteiger partial charge >= 0.3 is 0 Å². The van der Waals surface area contributed by atoms with E-state index in [0.717, 1.165) is 17.5 Å². The molecule has 0 N–H and O–H groups in total. The Bertz CT molecular complexity index is 962. The molecule has 28 heavy (non-hydrogen) atoms. The summed E-state index contributed by atoms with van der Waals surface area (Å²) < 4.78 is 5.39. The normalized spacial score (nSPS) is 26.4. The molecule has 2 aromatic carbocycles. The molecule has 0 spiro atoms.